The molecule has 0 saturated carbocycles. The number of benzene rings is 4. The number of alkyl halides is 6. The van der Waals surface area contributed by atoms with E-state index in [4.69, 9.17) is 0 Å². The van der Waals surface area contributed by atoms with Crippen molar-refractivity contribution >= 4 is 3.21 Å². The fourth-order valence-electron chi connectivity index (χ4n) is 5.97. The van der Waals surface area contributed by atoms with E-state index < -0.39 is 23.5 Å². The molecule has 1 atom stereocenters. The number of hydrogen-bond acceptors (Lipinski definition) is 0. The molecular formula is C44H44Cl2F6Zr-2. The zero-order valence-electron chi connectivity index (χ0n) is 31.2. The van der Waals surface area contributed by atoms with Gasteiger partial charge in [-0.15, -0.1) is 11.1 Å². The van der Waals surface area contributed by atoms with Crippen LogP contribution in [0, 0.1) is 51.2 Å². The topological polar surface area (TPSA) is 0 Å². The third-order valence-electron chi connectivity index (χ3n) is 9.25. The molecule has 0 N–H and O–H groups in total. The minimum absolute atomic E-state index is 0. The van der Waals surface area contributed by atoms with E-state index in [1.165, 1.54) is 87.2 Å². The molecule has 4 aromatic rings. The molecule has 9 heteroatoms. The molecule has 0 heterocycles. The van der Waals surface area contributed by atoms with Crippen molar-refractivity contribution in [2.24, 2.45) is 11.3 Å². The van der Waals surface area contributed by atoms with E-state index in [0.717, 1.165) is 54.9 Å². The molecule has 0 amide bonds. The Morgan fingerprint density at radius 2 is 1.25 bits per heavy atom. The SMILES string of the molecule is CCCC1[C-]=CC(C(C)(C)C)=C1.Cc1[c-]c2c(cc1C)-c1cc(C)c(C)cc1C2.FC(F)(F)c1cccc([C](=[Zr+2])c2cccc(C(F)(F)F)c2)c1.[Cl-].[Cl-]. The van der Waals surface area contributed by atoms with Crippen LogP contribution in [-0.2, 0) is 43.0 Å². The van der Waals surface area contributed by atoms with Crippen molar-refractivity contribution in [3.8, 4) is 11.1 Å². The molecule has 0 bridgehead atoms. The van der Waals surface area contributed by atoms with Crippen molar-refractivity contribution < 1.29 is 75.4 Å². The molecule has 0 aromatic heterocycles. The van der Waals surface area contributed by atoms with Gasteiger partial charge in [-0.05, 0) is 37.0 Å². The molecule has 53 heavy (non-hydrogen) atoms. The van der Waals surface area contributed by atoms with Crippen molar-refractivity contribution in [2.45, 2.75) is 87.0 Å². The first-order chi connectivity index (χ1) is 23.7. The minimum Gasteiger partial charge on any atom is -1.00 e. The molecule has 4 aromatic carbocycles. The maximum Gasteiger partial charge on any atom is -1.00 e. The first kappa shape index (κ1) is 46.4. The predicted octanol–water partition coefficient (Wildman–Crippen LogP) is 6.89. The normalized spacial score (nSPS) is 14.3. The van der Waals surface area contributed by atoms with Crippen LogP contribution in [-0.4, -0.2) is 3.21 Å². The summed E-state index contributed by atoms with van der Waals surface area (Å²) in [5.74, 6) is 0.587. The summed E-state index contributed by atoms with van der Waals surface area (Å²) in [6.07, 6.45) is 2.50. The second-order valence-corrected chi connectivity index (χ2v) is 15.6. The number of fused-ring (bicyclic) bond motifs is 3. The monoisotopic (exact) mass is 846 g/mol. The third-order valence-corrected chi connectivity index (χ3v) is 10.7. The Labute approximate surface area is 338 Å². The summed E-state index contributed by atoms with van der Waals surface area (Å²) in [6, 6.07) is 19.7. The van der Waals surface area contributed by atoms with Gasteiger partial charge in [0.15, 0.2) is 0 Å². The Balaban J connectivity index is 0.000000281. The van der Waals surface area contributed by atoms with Crippen LogP contribution >= 0.6 is 0 Å². The molecule has 2 aliphatic rings. The number of rotatable bonds is 4. The second-order valence-electron chi connectivity index (χ2n) is 14.4. The van der Waals surface area contributed by atoms with Crippen molar-refractivity contribution in [3.05, 3.63) is 152 Å². The number of hydrogen-bond donors (Lipinski definition) is 0. The molecule has 0 nitrogen and oxygen atoms in total. The van der Waals surface area contributed by atoms with E-state index in [1.54, 1.807) is 0 Å². The van der Waals surface area contributed by atoms with Crippen molar-refractivity contribution in [2.75, 3.05) is 0 Å². The first-order valence-corrected chi connectivity index (χ1v) is 18.3. The fourth-order valence-corrected chi connectivity index (χ4v) is 6.73. The summed E-state index contributed by atoms with van der Waals surface area (Å²) in [4.78, 5) is 0. The number of halogens is 8. The van der Waals surface area contributed by atoms with Gasteiger partial charge in [0.1, 0.15) is 0 Å². The summed E-state index contributed by atoms with van der Waals surface area (Å²) in [5.41, 5.74) is 11.7. The zero-order chi connectivity index (χ0) is 37.9. The quantitative estimate of drug-likeness (QED) is 0.137. The Kier molecular flexibility index (Phi) is 16.4. The molecule has 6 rings (SSSR count). The standard InChI is InChI=1S/C17H17.C15H8F6.C12H19.2ClH.Zr/c1-10-5-14-9-15-6-11(2)13(4)8-17(15)16(14)7-12(10)3;16-14(17,18)12-5-1-3-10(8-12)7-11-4-2-6-13(9-11)15(19,20)21;1-5-6-10-7-8-11(9-10)12(2,3)4;;;/h5,7-8H,9H2,1-4H3;1-6,8-9H;8-10H,5-6H2,1-4H3;2*1H;/q-1;;-1;;;+2/p-2. The Morgan fingerprint density at radius 1 is 0.736 bits per heavy atom. The Hall–Kier alpha value is -2.73. The summed E-state index contributed by atoms with van der Waals surface area (Å²) in [7, 11) is 0. The van der Waals surface area contributed by atoms with Gasteiger partial charge in [-0.3, -0.25) is 6.08 Å². The molecule has 1 unspecified atom stereocenters. The molecule has 0 spiro atoms. The van der Waals surface area contributed by atoms with Crippen LogP contribution in [0.2, 0.25) is 0 Å². The van der Waals surface area contributed by atoms with Crippen molar-refractivity contribution in [1.82, 2.24) is 0 Å². The molecule has 0 fully saturated rings. The van der Waals surface area contributed by atoms with Gasteiger partial charge >= 0.3 is 137 Å². The maximum atomic E-state index is 12.7. The van der Waals surface area contributed by atoms with Crippen LogP contribution in [0.5, 0.6) is 0 Å². The van der Waals surface area contributed by atoms with Gasteiger partial charge in [0.05, 0.1) is 0 Å². The summed E-state index contributed by atoms with van der Waals surface area (Å²) in [6.45, 7) is 17.7. The Morgan fingerprint density at radius 3 is 1.72 bits per heavy atom. The van der Waals surface area contributed by atoms with E-state index in [0.29, 0.717) is 14.5 Å². The van der Waals surface area contributed by atoms with Crippen LogP contribution in [0.3, 0.4) is 0 Å². The van der Waals surface area contributed by atoms with Crippen LogP contribution in [0.25, 0.3) is 11.1 Å². The van der Waals surface area contributed by atoms with E-state index in [1.807, 2.05) is 0 Å². The molecule has 2 aliphatic carbocycles. The summed E-state index contributed by atoms with van der Waals surface area (Å²) < 4.78 is 76.7. The van der Waals surface area contributed by atoms with E-state index in [9.17, 15) is 26.3 Å². The van der Waals surface area contributed by atoms with Crippen LogP contribution in [0.1, 0.15) is 96.2 Å². The Bertz CT molecular complexity index is 1850. The minimum atomic E-state index is -4.49. The average molecular weight is 849 g/mol. The van der Waals surface area contributed by atoms with Gasteiger partial charge in [0.2, 0.25) is 0 Å². The smallest absolute Gasteiger partial charge is 1.00 e. The van der Waals surface area contributed by atoms with Gasteiger partial charge in [-0.2, -0.15) is 34.9 Å². The molecule has 0 aliphatic heterocycles. The average Bonchev–Trinajstić information content (AvgIpc) is 3.66. The molecule has 282 valence electrons. The summed E-state index contributed by atoms with van der Waals surface area (Å²) >= 11 is 0.729. The van der Waals surface area contributed by atoms with Gasteiger partial charge in [-0.25, -0.2) is 6.08 Å². The molecule has 0 saturated heterocycles. The maximum absolute atomic E-state index is 12.7. The van der Waals surface area contributed by atoms with Crippen LogP contribution in [0.15, 0.2) is 84.5 Å². The van der Waals surface area contributed by atoms with Crippen molar-refractivity contribution in [1.29, 1.82) is 0 Å². The fraction of sp³-hybridized carbons (Fsp3) is 0.341. The largest absolute Gasteiger partial charge is 1.00 e. The van der Waals surface area contributed by atoms with Gasteiger partial charge < -0.3 is 24.8 Å². The molecular weight excluding hydrogens is 805 g/mol. The molecule has 0 radical (unpaired) electrons. The van der Waals surface area contributed by atoms with Gasteiger partial charge in [0, 0.05) is 0 Å². The van der Waals surface area contributed by atoms with E-state index in [-0.39, 0.29) is 35.9 Å². The third kappa shape index (κ3) is 12.1. The van der Waals surface area contributed by atoms with Gasteiger partial charge in [0.25, 0.3) is 0 Å². The van der Waals surface area contributed by atoms with E-state index >= 15 is 0 Å². The van der Waals surface area contributed by atoms with Crippen molar-refractivity contribution in [3.63, 3.8) is 0 Å². The van der Waals surface area contributed by atoms with Crippen LogP contribution < -0.4 is 24.8 Å². The van der Waals surface area contributed by atoms with Crippen LogP contribution in [0.4, 0.5) is 26.3 Å². The van der Waals surface area contributed by atoms with E-state index in [2.05, 4.69) is 97.9 Å². The second kappa shape index (κ2) is 18.7. The zero-order valence-corrected chi connectivity index (χ0v) is 35.2. The first-order valence-electron chi connectivity index (χ1n) is 17.1. The summed E-state index contributed by atoms with van der Waals surface area (Å²) in [5, 5.41) is 0. The van der Waals surface area contributed by atoms with Gasteiger partial charge in [-0.1, -0.05) is 83.4 Å². The predicted molar refractivity (Wildman–Crippen MR) is 192 cm³/mol. The number of allylic oxidation sites excluding steroid dienone is 4. The number of aryl methyl sites for hydroxylation is 4.